The minimum absolute atomic E-state index is 0.0186. The zero-order valence-corrected chi connectivity index (χ0v) is 44.3. The van der Waals surface area contributed by atoms with E-state index in [0.29, 0.717) is 17.4 Å². The lowest BCUT2D eigenvalue weighted by Crippen LogP contribution is -2.45. The quantitative estimate of drug-likeness (QED) is 0.0272. The van der Waals surface area contributed by atoms with E-state index in [-0.39, 0.29) is 18.9 Å². The zero-order chi connectivity index (χ0) is 48.5. The fourth-order valence-corrected chi connectivity index (χ4v) is 8.13. The predicted octanol–water partition coefficient (Wildman–Crippen LogP) is 15.5. The molecule has 0 aromatic heterocycles. The standard InChI is InChI=1S/C57H103N2O6P/c1-6-8-10-12-14-16-18-20-22-24-26-27-28-29-30-31-33-34-36-38-40-42-44-46-48-50-56(60)55(54-65-66(62,63)64-53-52-59(3,4)5)58-57(61)51-49-47-45-43-41-39-37-35-32-25-23-21-19-17-15-13-11-9-7-2/h9,11,15,17,21,23,32,35,39,41,45,47-48,50,55-56,60H,6-8,10,12-14,16,18-20,22,24-31,33-34,36-38,40,42-44,46,49,51-54H2,1-5H3,(H-,58,61,62,63)/b11-9-,17-15-,23-21-,35-32-,41-39-,47-45-,50-48+. The van der Waals surface area contributed by atoms with Crippen LogP contribution < -0.4 is 10.2 Å². The fourth-order valence-electron chi connectivity index (χ4n) is 7.41. The van der Waals surface area contributed by atoms with E-state index < -0.39 is 26.6 Å². The number of carbonyl (C=O) groups is 1. The molecule has 0 rings (SSSR count). The van der Waals surface area contributed by atoms with Crippen LogP contribution in [0.15, 0.2) is 85.1 Å². The van der Waals surface area contributed by atoms with Crippen LogP contribution in [0.3, 0.4) is 0 Å². The Hall–Kier alpha value is -2.32. The topological polar surface area (TPSA) is 108 Å². The molecule has 0 aliphatic rings. The highest BCUT2D eigenvalue weighted by molar-refractivity contribution is 7.45. The van der Waals surface area contributed by atoms with Gasteiger partial charge in [-0.1, -0.05) is 240 Å². The Kier molecular flexibility index (Phi) is 46.1. The highest BCUT2D eigenvalue weighted by Gasteiger charge is 2.23. The van der Waals surface area contributed by atoms with Crippen molar-refractivity contribution in [3.63, 3.8) is 0 Å². The van der Waals surface area contributed by atoms with Crippen molar-refractivity contribution in [1.29, 1.82) is 0 Å². The van der Waals surface area contributed by atoms with Crippen LogP contribution in [0.1, 0.15) is 219 Å². The lowest BCUT2D eigenvalue weighted by atomic mass is 10.0. The molecule has 0 saturated heterocycles. The van der Waals surface area contributed by atoms with Crippen molar-refractivity contribution in [2.24, 2.45) is 0 Å². The summed E-state index contributed by atoms with van der Waals surface area (Å²) < 4.78 is 23.3. The van der Waals surface area contributed by atoms with Gasteiger partial charge in [-0.25, -0.2) is 0 Å². The second-order valence-electron chi connectivity index (χ2n) is 19.2. The van der Waals surface area contributed by atoms with E-state index in [1.165, 1.54) is 135 Å². The van der Waals surface area contributed by atoms with Crippen molar-refractivity contribution in [2.45, 2.75) is 231 Å². The number of unbranched alkanes of at least 4 members (excludes halogenated alkanes) is 23. The van der Waals surface area contributed by atoms with E-state index in [9.17, 15) is 19.4 Å². The summed E-state index contributed by atoms with van der Waals surface area (Å²) in [5.41, 5.74) is 0. The molecule has 0 radical (unpaired) electrons. The lowest BCUT2D eigenvalue weighted by Gasteiger charge is -2.29. The van der Waals surface area contributed by atoms with Gasteiger partial charge in [-0.15, -0.1) is 0 Å². The molecule has 9 heteroatoms. The predicted molar refractivity (Wildman–Crippen MR) is 283 cm³/mol. The molecule has 0 aliphatic carbocycles. The van der Waals surface area contributed by atoms with Gasteiger partial charge in [0.25, 0.3) is 7.82 Å². The van der Waals surface area contributed by atoms with Gasteiger partial charge < -0.3 is 28.8 Å². The van der Waals surface area contributed by atoms with Crippen LogP contribution in [-0.2, 0) is 18.4 Å². The molecular formula is C57H103N2O6P. The SMILES string of the molecule is CC/C=C\C/C=C\C/C=C\C/C=C\C/C=C\C/C=C\CCC(=O)NC(COP(=O)([O-])OCC[N+](C)(C)C)C(O)/C=C/CCCCCCCCCCCCCCCCCCCCCCCCC. The number of quaternary nitrogens is 1. The van der Waals surface area contributed by atoms with Crippen molar-refractivity contribution < 1.29 is 32.9 Å². The summed E-state index contributed by atoms with van der Waals surface area (Å²) in [5.74, 6) is -0.280. The van der Waals surface area contributed by atoms with Gasteiger partial charge in [0.05, 0.1) is 39.9 Å². The number of nitrogens with one attached hydrogen (secondary N) is 1. The number of hydrogen-bond donors (Lipinski definition) is 2. The maximum atomic E-state index is 12.9. The third kappa shape index (κ3) is 49.6. The molecule has 0 fully saturated rings. The Morgan fingerprint density at radius 3 is 1.32 bits per heavy atom. The van der Waals surface area contributed by atoms with E-state index in [2.05, 4.69) is 79.9 Å². The number of amides is 1. The monoisotopic (exact) mass is 943 g/mol. The van der Waals surface area contributed by atoms with Crippen LogP contribution in [0.2, 0.25) is 0 Å². The number of likely N-dealkylation sites (N-methyl/N-ethyl adjacent to an activating group) is 1. The Labute approximate surface area is 407 Å². The van der Waals surface area contributed by atoms with Gasteiger partial charge >= 0.3 is 0 Å². The molecule has 0 bridgehead atoms. The van der Waals surface area contributed by atoms with Gasteiger partial charge in [-0.2, -0.15) is 0 Å². The van der Waals surface area contributed by atoms with Gasteiger partial charge in [0.1, 0.15) is 13.2 Å². The van der Waals surface area contributed by atoms with E-state index in [4.69, 9.17) is 9.05 Å². The molecule has 0 spiro atoms. The van der Waals surface area contributed by atoms with E-state index in [0.717, 1.165) is 57.8 Å². The summed E-state index contributed by atoms with van der Waals surface area (Å²) >= 11 is 0. The number of rotatable bonds is 48. The number of aliphatic hydroxyl groups is 1. The first-order valence-corrected chi connectivity index (χ1v) is 28.4. The van der Waals surface area contributed by atoms with E-state index in [1.807, 2.05) is 39.4 Å². The zero-order valence-electron chi connectivity index (χ0n) is 43.4. The average molecular weight is 943 g/mol. The highest BCUT2D eigenvalue weighted by Crippen LogP contribution is 2.38. The van der Waals surface area contributed by atoms with Gasteiger partial charge in [-0.3, -0.25) is 9.36 Å². The normalized spacial score (nSPS) is 14.7. The third-order valence-electron chi connectivity index (χ3n) is 11.6. The molecule has 0 heterocycles. The molecule has 0 aromatic rings. The van der Waals surface area contributed by atoms with Gasteiger partial charge in [0.2, 0.25) is 5.91 Å². The smallest absolute Gasteiger partial charge is 0.268 e. The first kappa shape index (κ1) is 63.7. The maximum Gasteiger partial charge on any atom is 0.268 e. The Morgan fingerprint density at radius 1 is 0.545 bits per heavy atom. The van der Waals surface area contributed by atoms with E-state index >= 15 is 0 Å². The summed E-state index contributed by atoms with van der Waals surface area (Å²) in [6.07, 6.45) is 66.7. The largest absolute Gasteiger partial charge is 0.756 e. The molecule has 382 valence electrons. The third-order valence-corrected chi connectivity index (χ3v) is 12.6. The first-order chi connectivity index (χ1) is 32.0. The van der Waals surface area contributed by atoms with Crippen LogP contribution in [0.4, 0.5) is 0 Å². The Bertz CT molecular complexity index is 1350. The summed E-state index contributed by atoms with van der Waals surface area (Å²) in [7, 11) is 1.21. The minimum Gasteiger partial charge on any atom is -0.756 e. The van der Waals surface area contributed by atoms with Crippen molar-refractivity contribution >= 4 is 13.7 Å². The number of carbonyl (C=O) groups excluding carboxylic acids is 1. The number of aliphatic hydroxyl groups excluding tert-OH is 1. The Balaban J connectivity index is 4.37. The van der Waals surface area contributed by atoms with Crippen molar-refractivity contribution in [1.82, 2.24) is 5.32 Å². The molecule has 3 unspecified atom stereocenters. The van der Waals surface area contributed by atoms with Gasteiger partial charge in [0.15, 0.2) is 0 Å². The molecule has 0 aromatic carbocycles. The minimum atomic E-state index is -4.62. The molecule has 1 amide bonds. The number of phosphoric ester groups is 1. The van der Waals surface area contributed by atoms with Crippen LogP contribution in [0.25, 0.3) is 0 Å². The summed E-state index contributed by atoms with van der Waals surface area (Å²) in [6, 6.07) is -0.933. The van der Waals surface area contributed by atoms with E-state index in [1.54, 1.807) is 6.08 Å². The van der Waals surface area contributed by atoms with Gasteiger partial charge in [0, 0.05) is 6.42 Å². The van der Waals surface area contributed by atoms with Crippen LogP contribution >= 0.6 is 7.82 Å². The second kappa shape index (κ2) is 47.7. The first-order valence-electron chi connectivity index (χ1n) is 26.9. The molecule has 66 heavy (non-hydrogen) atoms. The second-order valence-corrected chi connectivity index (χ2v) is 20.6. The van der Waals surface area contributed by atoms with Crippen molar-refractivity contribution in [3.8, 4) is 0 Å². The van der Waals surface area contributed by atoms with Crippen LogP contribution in [0.5, 0.6) is 0 Å². The molecule has 8 nitrogen and oxygen atoms in total. The van der Waals surface area contributed by atoms with Crippen LogP contribution in [0, 0.1) is 0 Å². The molecular weight excluding hydrogens is 840 g/mol. The van der Waals surface area contributed by atoms with Crippen molar-refractivity contribution in [2.75, 3.05) is 40.9 Å². The number of hydrogen-bond acceptors (Lipinski definition) is 6. The van der Waals surface area contributed by atoms with Crippen molar-refractivity contribution in [3.05, 3.63) is 85.1 Å². The lowest BCUT2D eigenvalue weighted by molar-refractivity contribution is -0.870. The van der Waals surface area contributed by atoms with Crippen LogP contribution in [-0.4, -0.2) is 68.5 Å². The summed E-state index contributed by atoms with van der Waals surface area (Å²) in [4.78, 5) is 25.4. The fraction of sp³-hybridized carbons (Fsp3) is 0.737. The summed E-state index contributed by atoms with van der Waals surface area (Å²) in [5, 5.41) is 13.8. The average Bonchev–Trinajstić information content (AvgIpc) is 3.28. The van der Waals surface area contributed by atoms with Gasteiger partial charge in [-0.05, 0) is 57.8 Å². The number of phosphoric acid groups is 1. The number of allylic oxidation sites excluding steroid dienone is 13. The number of nitrogens with zero attached hydrogens (tertiary/aromatic N) is 1. The Morgan fingerprint density at radius 2 is 0.924 bits per heavy atom. The molecule has 0 aliphatic heterocycles. The molecule has 2 N–H and O–H groups in total. The summed E-state index contributed by atoms with van der Waals surface area (Å²) in [6.45, 7) is 4.48. The molecule has 0 saturated carbocycles. The maximum absolute atomic E-state index is 12.9. The highest BCUT2D eigenvalue weighted by atomic mass is 31.2. The molecule has 3 atom stereocenters.